The topological polar surface area (TPSA) is 78.4 Å². The first-order chi connectivity index (χ1) is 13.0. The van der Waals surface area contributed by atoms with Gasteiger partial charge in [0.2, 0.25) is 5.75 Å². The van der Waals surface area contributed by atoms with Gasteiger partial charge < -0.3 is 18.9 Å². The van der Waals surface area contributed by atoms with E-state index < -0.39 is 5.91 Å². The average molecular weight is 393 g/mol. The molecule has 0 heterocycles. The van der Waals surface area contributed by atoms with E-state index in [1.807, 2.05) is 6.92 Å². The van der Waals surface area contributed by atoms with E-state index in [0.717, 1.165) is 5.56 Å². The minimum atomic E-state index is -0.397. The second kappa shape index (κ2) is 9.68. The Hall–Kier alpha value is -2.93. The molecule has 0 atom stereocenters. The predicted octanol–water partition coefficient (Wildman–Crippen LogP) is 3.20. The summed E-state index contributed by atoms with van der Waals surface area (Å²) in [7, 11) is 4.57. The predicted molar refractivity (Wildman–Crippen MR) is 104 cm³/mol. The fraction of sp³-hybridized carbons (Fsp3) is 0.263. The zero-order valence-corrected chi connectivity index (χ0v) is 16.3. The number of ether oxygens (including phenoxy) is 4. The Kier molecular flexibility index (Phi) is 7.31. The summed E-state index contributed by atoms with van der Waals surface area (Å²) < 4.78 is 21.2. The molecule has 8 heteroatoms. The van der Waals surface area contributed by atoms with Gasteiger partial charge in [-0.25, -0.2) is 5.43 Å². The molecule has 0 aliphatic heterocycles. The highest BCUT2D eigenvalue weighted by atomic mass is 35.5. The van der Waals surface area contributed by atoms with Crippen LogP contribution in [0, 0.1) is 6.92 Å². The van der Waals surface area contributed by atoms with E-state index in [2.05, 4.69) is 10.5 Å². The number of hydrazone groups is 1. The molecule has 0 aliphatic carbocycles. The molecule has 2 aromatic carbocycles. The van der Waals surface area contributed by atoms with Gasteiger partial charge in [0.25, 0.3) is 5.91 Å². The van der Waals surface area contributed by atoms with Crippen molar-refractivity contribution >= 4 is 23.7 Å². The summed E-state index contributed by atoms with van der Waals surface area (Å²) >= 11 is 5.95. The molecular formula is C19H21ClN2O5. The molecule has 0 bridgehead atoms. The van der Waals surface area contributed by atoms with Crippen LogP contribution in [0.2, 0.25) is 5.02 Å². The summed E-state index contributed by atoms with van der Waals surface area (Å²) in [5, 5.41) is 4.55. The summed E-state index contributed by atoms with van der Waals surface area (Å²) in [6, 6.07) is 8.59. The van der Waals surface area contributed by atoms with Crippen LogP contribution in [0.25, 0.3) is 0 Å². The second-order valence-electron chi connectivity index (χ2n) is 5.45. The molecule has 2 rings (SSSR count). The van der Waals surface area contributed by atoms with Crippen LogP contribution >= 0.6 is 11.6 Å². The zero-order chi connectivity index (χ0) is 19.8. The zero-order valence-electron chi connectivity index (χ0n) is 15.5. The third-order valence-corrected chi connectivity index (χ3v) is 4.01. The first kappa shape index (κ1) is 20.4. The lowest BCUT2D eigenvalue weighted by molar-refractivity contribution is -0.123. The van der Waals surface area contributed by atoms with Crippen molar-refractivity contribution < 1.29 is 23.7 Å². The Morgan fingerprint density at radius 1 is 1.11 bits per heavy atom. The van der Waals surface area contributed by atoms with Crippen LogP contribution in [0.3, 0.4) is 0 Å². The fourth-order valence-electron chi connectivity index (χ4n) is 2.24. The fourth-order valence-corrected chi connectivity index (χ4v) is 2.36. The van der Waals surface area contributed by atoms with Crippen molar-refractivity contribution in [2.45, 2.75) is 6.92 Å². The Bertz CT molecular complexity index is 814. The van der Waals surface area contributed by atoms with Gasteiger partial charge in [-0.1, -0.05) is 11.6 Å². The summed E-state index contributed by atoms with van der Waals surface area (Å²) in [6.45, 7) is 1.69. The first-order valence-corrected chi connectivity index (χ1v) is 8.37. The number of carbonyl (C=O) groups is 1. The number of nitrogens with zero attached hydrogens (tertiary/aromatic N) is 1. The number of nitrogens with one attached hydrogen (secondary N) is 1. The summed E-state index contributed by atoms with van der Waals surface area (Å²) in [4.78, 5) is 11.9. The van der Waals surface area contributed by atoms with Gasteiger partial charge in [-0.05, 0) is 42.8 Å². The standard InChI is InChI=1S/C19H21ClN2O5/c1-12-7-14(5-6-15(12)20)27-11-18(23)22-21-10-13-8-16(24-2)19(26-4)17(9-13)25-3/h5-10H,11H2,1-4H3,(H,22,23)/b21-10-. The largest absolute Gasteiger partial charge is 0.493 e. The van der Waals surface area contributed by atoms with Gasteiger partial charge >= 0.3 is 0 Å². The molecular weight excluding hydrogens is 372 g/mol. The monoisotopic (exact) mass is 392 g/mol. The highest BCUT2D eigenvalue weighted by Crippen LogP contribution is 2.37. The summed E-state index contributed by atoms with van der Waals surface area (Å²) in [5.74, 6) is 1.62. The first-order valence-electron chi connectivity index (χ1n) is 7.99. The molecule has 0 aromatic heterocycles. The smallest absolute Gasteiger partial charge is 0.277 e. The quantitative estimate of drug-likeness (QED) is 0.551. The maximum atomic E-state index is 11.9. The lowest BCUT2D eigenvalue weighted by Crippen LogP contribution is -2.24. The van der Waals surface area contributed by atoms with Crippen molar-refractivity contribution in [1.82, 2.24) is 5.43 Å². The third kappa shape index (κ3) is 5.52. The molecule has 144 valence electrons. The minimum Gasteiger partial charge on any atom is -0.493 e. The lowest BCUT2D eigenvalue weighted by atomic mass is 10.2. The molecule has 0 saturated carbocycles. The van der Waals surface area contributed by atoms with Gasteiger partial charge in [-0.2, -0.15) is 5.10 Å². The van der Waals surface area contributed by atoms with E-state index in [4.69, 9.17) is 30.5 Å². The van der Waals surface area contributed by atoms with Crippen LogP contribution in [0.15, 0.2) is 35.4 Å². The Morgan fingerprint density at radius 3 is 2.33 bits per heavy atom. The average Bonchev–Trinajstić information content (AvgIpc) is 2.68. The molecule has 27 heavy (non-hydrogen) atoms. The number of hydrogen-bond donors (Lipinski definition) is 1. The molecule has 1 amide bonds. The van der Waals surface area contributed by atoms with Crippen molar-refractivity contribution in [2.75, 3.05) is 27.9 Å². The molecule has 0 aliphatic rings. The van der Waals surface area contributed by atoms with E-state index in [1.54, 1.807) is 30.3 Å². The number of halogens is 1. The van der Waals surface area contributed by atoms with E-state index in [0.29, 0.717) is 33.6 Å². The van der Waals surface area contributed by atoms with Crippen molar-refractivity contribution in [3.8, 4) is 23.0 Å². The lowest BCUT2D eigenvalue weighted by Gasteiger charge is -2.12. The molecule has 0 radical (unpaired) electrons. The van der Waals surface area contributed by atoms with E-state index >= 15 is 0 Å². The molecule has 0 saturated heterocycles. The van der Waals surface area contributed by atoms with E-state index in [-0.39, 0.29) is 6.61 Å². The van der Waals surface area contributed by atoms with Crippen molar-refractivity contribution in [1.29, 1.82) is 0 Å². The molecule has 2 aromatic rings. The normalized spacial score (nSPS) is 10.6. The van der Waals surface area contributed by atoms with Gasteiger partial charge in [0.05, 0.1) is 27.5 Å². The van der Waals surface area contributed by atoms with Crippen LogP contribution < -0.4 is 24.4 Å². The van der Waals surface area contributed by atoms with E-state index in [9.17, 15) is 4.79 Å². The second-order valence-corrected chi connectivity index (χ2v) is 5.86. The van der Waals surface area contributed by atoms with Gasteiger partial charge in [-0.3, -0.25) is 4.79 Å². The number of hydrogen-bond acceptors (Lipinski definition) is 6. The number of methoxy groups -OCH3 is 3. The van der Waals surface area contributed by atoms with Gasteiger partial charge in [0.1, 0.15) is 5.75 Å². The highest BCUT2D eigenvalue weighted by molar-refractivity contribution is 6.31. The van der Waals surface area contributed by atoms with Crippen LogP contribution in [0.1, 0.15) is 11.1 Å². The van der Waals surface area contributed by atoms with Crippen LogP contribution in [-0.2, 0) is 4.79 Å². The van der Waals surface area contributed by atoms with Crippen LogP contribution in [-0.4, -0.2) is 40.1 Å². The third-order valence-electron chi connectivity index (χ3n) is 3.59. The number of rotatable bonds is 8. The molecule has 0 spiro atoms. The number of carbonyl (C=O) groups excluding carboxylic acids is 1. The molecule has 0 fully saturated rings. The number of benzene rings is 2. The van der Waals surface area contributed by atoms with Crippen LogP contribution in [0.4, 0.5) is 0 Å². The van der Waals surface area contributed by atoms with Crippen molar-refractivity contribution in [2.24, 2.45) is 5.10 Å². The molecule has 0 unspecified atom stereocenters. The Balaban J connectivity index is 1.96. The van der Waals surface area contributed by atoms with Crippen LogP contribution in [0.5, 0.6) is 23.0 Å². The number of amides is 1. The van der Waals surface area contributed by atoms with Crippen molar-refractivity contribution in [3.63, 3.8) is 0 Å². The van der Waals surface area contributed by atoms with Crippen molar-refractivity contribution in [3.05, 3.63) is 46.5 Å². The molecule has 1 N–H and O–H groups in total. The SMILES string of the molecule is COc1cc(/C=N\NC(=O)COc2ccc(Cl)c(C)c2)cc(OC)c1OC. The van der Waals surface area contributed by atoms with E-state index in [1.165, 1.54) is 27.5 Å². The summed E-state index contributed by atoms with van der Waals surface area (Å²) in [6.07, 6.45) is 1.47. The van der Waals surface area contributed by atoms with Gasteiger partial charge in [-0.15, -0.1) is 0 Å². The Morgan fingerprint density at radius 2 is 1.78 bits per heavy atom. The van der Waals surface area contributed by atoms with Gasteiger partial charge in [0, 0.05) is 10.6 Å². The maximum absolute atomic E-state index is 11.9. The van der Waals surface area contributed by atoms with Gasteiger partial charge in [0.15, 0.2) is 18.1 Å². The minimum absolute atomic E-state index is 0.173. The highest BCUT2D eigenvalue weighted by Gasteiger charge is 2.12. The molecule has 7 nitrogen and oxygen atoms in total. The summed E-state index contributed by atoms with van der Waals surface area (Å²) in [5.41, 5.74) is 3.93. The Labute approximate surface area is 162 Å². The maximum Gasteiger partial charge on any atom is 0.277 e. The number of aryl methyl sites for hydroxylation is 1.